The number of nitrogens with zero attached hydrogens (tertiary/aromatic N) is 1. The lowest BCUT2D eigenvalue weighted by Gasteiger charge is -2.12. The normalized spacial score (nSPS) is 10.9. The van der Waals surface area contributed by atoms with Gasteiger partial charge >= 0.3 is 5.97 Å². The van der Waals surface area contributed by atoms with Crippen molar-refractivity contribution >= 4 is 34.0 Å². The zero-order valence-corrected chi connectivity index (χ0v) is 21.4. The number of hydrazone groups is 1. The summed E-state index contributed by atoms with van der Waals surface area (Å²) in [5, 5.41) is 4.05. The number of nitrogens with one attached hydrogen (secondary N) is 1. The Morgan fingerprint density at radius 2 is 1.69 bits per heavy atom. The number of hydrogen-bond acceptors (Lipinski definition) is 6. The molecule has 182 valence electrons. The largest absolute Gasteiger partial charge is 0.496 e. The predicted octanol–water partition coefficient (Wildman–Crippen LogP) is 5.61. The van der Waals surface area contributed by atoms with Gasteiger partial charge in [-0.1, -0.05) is 29.8 Å². The topological polar surface area (TPSA) is 86.2 Å². The molecule has 0 atom stereocenters. The van der Waals surface area contributed by atoms with Gasteiger partial charge in [-0.25, -0.2) is 10.2 Å². The summed E-state index contributed by atoms with van der Waals surface area (Å²) in [6, 6.07) is 19.3. The first kappa shape index (κ1) is 26.0. The number of halogens is 1. The van der Waals surface area contributed by atoms with E-state index in [4.69, 9.17) is 14.2 Å². The second-order valence-corrected chi connectivity index (χ2v) is 9.00. The minimum absolute atomic E-state index is 0.243. The zero-order valence-electron chi connectivity index (χ0n) is 19.8. The maximum Gasteiger partial charge on any atom is 0.338 e. The van der Waals surface area contributed by atoms with Gasteiger partial charge in [0.15, 0.2) is 0 Å². The van der Waals surface area contributed by atoms with Crippen LogP contribution in [0.3, 0.4) is 0 Å². The zero-order chi connectivity index (χ0) is 25.2. The number of ether oxygens (including phenoxy) is 3. The lowest BCUT2D eigenvalue weighted by atomic mass is 10.1. The highest BCUT2D eigenvalue weighted by Crippen LogP contribution is 2.22. The van der Waals surface area contributed by atoms with Crippen molar-refractivity contribution in [2.24, 2.45) is 11.0 Å². The quantitative estimate of drug-likeness (QED) is 0.206. The van der Waals surface area contributed by atoms with Gasteiger partial charge in [0, 0.05) is 15.6 Å². The third-order valence-electron chi connectivity index (χ3n) is 4.82. The Kier molecular flexibility index (Phi) is 9.43. The summed E-state index contributed by atoms with van der Waals surface area (Å²) in [5.41, 5.74) is 5.07. The molecular weight excluding hydrogens is 512 g/mol. The van der Waals surface area contributed by atoms with E-state index in [9.17, 15) is 9.59 Å². The first-order valence-electron chi connectivity index (χ1n) is 11.0. The van der Waals surface area contributed by atoms with Crippen molar-refractivity contribution in [1.82, 2.24) is 5.43 Å². The number of carbonyl (C=O) groups is 2. The lowest BCUT2D eigenvalue weighted by molar-refractivity contribution is 0.0459. The second-order valence-electron chi connectivity index (χ2n) is 8.08. The first-order valence-corrected chi connectivity index (χ1v) is 11.8. The molecule has 0 spiro atoms. The van der Waals surface area contributed by atoms with Crippen LogP contribution in [0.5, 0.6) is 11.5 Å². The van der Waals surface area contributed by atoms with Crippen LogP contribution in [0.4, 0.5) is 0 Å². The molecule has 8 heteroatoms. The average Bonchev–Trinajstić information content (AvgIpc) is 2.86. The summed E-state index contributed by atoms with van der Waals surface area (Å²) in [6.45, 7) is 4.59. The van der Waals surface area contributed by atoms with E-state index in [-0.39, 0.29) is 24.4 Å². The number of benzene rings is 3. The molecule has 35 heavy (non-hydrogen) atoms. The molecule has 0 bridgehead atoms. The van der Waals surface area contributed by atoms with Gasteiger partial charge in [-0.3, -0.25) is 4.79 Å². The molecule has 1 N–H and O–H groups in total. The fourth-order valence-corrected chi connectivity index (χ4v) is 3.26. The van der Waals surface area contributed by atoms with Crippen molar-refractivity contribution in [3.05, 3.63) is 93.5 Å². The van der Waals surface area contributed by atoms with Gasteiger partial charge in [0.2, 0.25) is 0 Å². The van der Waals surface area contributed by atoms with Gasteiger partial charge in [-0.05, 0) is 78.2 Å². The van der Waals surface area contributed by atoms with E-state index in [0.717, 1.165) is 15.6 Å². The average molecular weight is 539 g/mol. The molecular formula is C27H27BrN2O5. The number of hydrogen-bond donors (Lipinski definition) is 1. The summed E-state index contributed by atoms with van der Waals surface area (Å²) < 4.78 is 17.5. The third-order valence-corrected chi connectivity index (χ3v) is 5.35. The van der Waals surface area contributed by atoms with Gasteiger partial charge in [0.1, 0.15) is 18.1 Å². The van der Waals surface area contributed by atoms with Crippen LogP contribution in [0.1, 0.15) is 45.7 Å². The molecule has 3 aromatic carbocycles. The fraction of sp³-hybridized carbons (Fsp3) is 0.222. The van der Waals surface area contributed by atoms with Crippen LogP contribution >= 0.6 is 15.9 Å². The van der Waals surface area contributed by atoms with E-state index in [1.54, 1.807) is 61.9 Å². The van der Waals surface area contributed by atoms with Crippen molar-refractivity contribution in [3.8, 4) is 11.5 Å². The van der Waals surface area contributed by atoms with Gasteiger partial charge in [-0.15, -0.1) is 0 Å². The molecule has 0 saturated carbocycles. The highest BCUT2D eigenvalue weighted by molar-refractivity contribution is 9.10. The van der Waals surface area contributed by atoms with Crippen LogP contribution in [0, 0.1) is 5.92 Å². The van der Waals surface area contributed by atoms with E-state index < -0.39 is 0 Å². The van der Waals surface area contributed by atoms with Gasteiger partial charge in [-0.2, -0.15) is 5.10 Å². The maximum absolute atomic E-state index is 12.2. The monoisotopic (exact) mass is 538 g/mol. The second kappa shape index (κ2) is 12.7. The first-order chi connectivity index (χ1) is 16.9. The summed E-state index contributed by atoms with van der Waals surface area (Å²) in [5.74, 6) is 0.886. The summed E-state index contributed by atoms with van der Waals surface area (Å²) in [4.78, 5) is 24.3. The van der Waals surface area contributed by atoms with Crippen LogP contribution < -0.4 is 14.9 Å². The van der Waals surface area contributed by atoms with Crippen LogP contribution in [0.25, 0.3) is 0 Å². The van der Waals surface area contributed by atoms with Crippen LogP contribution in [0.15, 0.2) is 76.3 Å². The minimum atomic E-state index is -0.355. The molecule has 0 aliphatic rings. The van der Waals surface area contributed by atoms with Crippen LogP contribution in [-0.2, 0) is 11.3 Å². The number of esters is 1. The van der Waals surface area contributed by atoms with E-state index in [2.05, 4.69) is 26.5 Å². The number of rotatable bonds is 10. The van der Waals surface area contributed by atoms with E-state index in [1.165, 1.54) is 0 Å². The molecule has 0 radical (unpaired) electrons. The highest BCUT2D eigenvalue weighted by Gasteiger charge is 2.10. The Morgan fingerprint density at radius 1 is 1.00 bits per heavy atom. The van der Waals surface area contributed by atoms with Gasteiger partial charge < -0.3 is 14.2 Å². The van der Waals surface area contributed by atoms with Crippen molar-refractivity contribution < 1.29 is 23.8 Å². The molecule has 0 unspecified atom stereocenters. The Bertz CT molecular complexity index is 1180. The Morgan fingerprint density at radius 3 is 2.34 bits per heavy atom. The molecule has 0 aliphatic carbocycles. The summed E-state index contributed by atoms with van der Waals surface area (Å²) >= 11 is 3.34. The Labute approximate surface area is 213 Å². The molecule has 7 nitrogen and oxygen atoms in total. The maximum atomic E-state index is 12.2. The fourth-order valence-electron chi connectivity index (χ4n) is 3.00. The van der Waals surface area contributed by atoms with E-state index in [0.29, 0.717) is 29.2 Å². The minimum Gasteiger partial charge on any atom is -0.496 e. The molecule has 0 aromatic heterocycles. The van der Waals surface area contributed by atoms with Crippen molar-refractivity contribution in [2.75, 3.05) is 13.7 Å². The van der Waals surface area contributed by atoms with Gasteiger partial charge in [0.25, 0.3) is 5.91 Å². The van der Waals surface area contributed by atoms with Crippen LogP contribution in [0.2, 0.25) is 0 Å². The molecule has 3 rings (SSSR count). The number of methoxy groups -OCH3 is 1. The molecule has 1 amide bonds. The lowest BCUT2D eigenvalue weighted by Crippen LogP contribution is -2.17. The standard InChI is InChI=1S/C27H27BrN2O5/c1-18(2)16-35-27(32)21-7-11-24(12-8-21)34-17-22-14-19(4-13-25(22)33-3)15-29-30-26(31)20-5-9-23(28)10-6-20/h4-15,18H,16-17H2,1-3H3,(H,30,31)/b29-15+. The van der Waals surface area contributed by atoms with E-state index >= 15 is 0 Å². The predicted molar refractivity (Wildman–Crippen MR) is 138 cm³/mol. The smallest absolute Gasteiger partial charge is 0.338 e. The van der Waals surface area contributed by atoms with Gasteiger partial charge in [0.05, 0.1) is 25.5 Å². The SMILES string of the molecule is COc1ccc(/C=N/NC(=O)c2ccc(Br)cc2)cc1COc1ccc(C(=O)OCC(C)C)cc1. The molecule has 0 heterocycles. The summed E-state index contributed by atoms with van der Waals surface area (Å²) in [7, 11) is 1.59. The molecule has 3 aromatic rings. The Hall–Kier alpha value is -3.65. The van der Waals surface area contributed by atoms with Crippen molar-refractivity contribution in [1.29, 1.82) is 0 Å². The molecule has 0 saturated heterocycles. The molecule has 0 aliphatic heterocycles. The third kappa shape index (κ3) is 7.96. The number of carbonyl (C=O) groups excluding carboxylic acids is 2. The van der Waals surface area contributed by atoms with E-state index in [1.807, 2.05) is 32.0 Å². The molecule has 0 fully saturated rings. The van der Waals surface area contributed by atoms with Crippen molar-refractivity contribution in [2.45, 2.75) is 20.5 Å². The Balaban J connectivity index is 1.60. The highest BCUT2D eigenvalue weighted by atomic mass is 79.9. The van der Waals surface area contributed by atoms with Crippen LogP contribution in [-0.4, -0.2) is 31.8 Å². The summed E-state index contributed by atoms with van der Waals surface area (Å²) in [6.07, 6.45) is 1.55. The van der Waals surface area contributed by atoms with Crippen molar-refractivity contribution in [3.63, 3.8) is 0 Å². The number of amides is 1.